The average Bonchev–Trinajstić information content (AvgIpc) is 3.34. The second kappa shape index (κ2) is 8.77. The Bertz CT molecular complexity index is 892. The minimum atomic E-state index is -0.274. The van der Waals surface area contributed by atoms with Gasteiger partial charge in [-0.2, -0.15) is 11.8 Å². The first-order valence-corrected chi connectivity index (χ1v) is 9.92. The van der Waals surface area contributed by atoms with E-state index >= 15 is 0 Å². The summed E-state index contributed by atoms with van der Waals surface area (Å²) in [5.74, 6) is 2.24. The molecule has 0 bridgehead atoms. The molecule has 0 spiro atoms. The second-order valence-corrected chi connectivity index (χ2v) is 6.94. The number of anilines is 1. The molecule has 0 aliphatic heterocycles. The first-order valence-electron chi connectivity index (χ1n) is 8.53. The minimum absolute atomic E-state index is 0.0712. The quantitative estimate of drug-likeness (QED) is 0.634. The summed E-state index contributed by atoms with van der Waals surface area (Å²) in [7, 11) is 1.57. The number of rotatable bonds is 8. The van der Waals surface area contributed by atoms with E-state index in [4.69, 9.17) is 9.15 Å². The van der Waals surface area contributed by atoms with Crippen LogP contribution in [0.1, 0.15) is 18.4 Å². The summed E-state index contributed by atoms with van der Waals surface area (Å²) in [6.07, 6.45) is 6.59. The van der Waals surface area contributed by atoms with Gasteiger partial charge in [-0.3, -0.25) is 4.79 Å². The maximum Gasteiger partial charge on any atom is 0.251 e. The largest absolute Gasteiger partial charge is 0.496 e. The Morgan fingerprint density at radius 3 is 2.74 bits per heavy atom. The van der Waals surface area contributed by atoms with Gasteiger partial charge in [0.15, 0.2) is 0 Å². The summed E-state index contributed by atoms with van der Waals surface area (Å²) in [5.41, 5.74) is 1.28. The van der Waals surface area contributed by atoms with Gasteiger partial charge in [0.2, 0.25) is 11.8 Å². The van der Waals surface area contributed by atoms with E-state index in [9.17, 15) is 4.79 Å². The highest BCUT2D eigenvalue weighted by Crippen LogP contribution is 2.32. The summed E-state index contributed by atoms with van der Waals surface area (Å²) >= 11 is 1.72. The molecule has 8 heteroatoms. The molecule has 3 rings (SSSR count). The molecule has 2 aromatic heterocycles. The van der Waals surface area contributed by atoms with Crippen LogP contribution in [0.4, 0.5) is 5.69 Å². The van der Waals surface area contributed by atoms with Crippen molar-refractivity contribution in [2.24, 2.45) is 0 Å². The van der Waals surface area contributed by atoms with Crippen LogP contribution in [0.3, 0.4) is 0 Å². The molecule has 1 aromatic carbocycles. The summed E-state index contributed by atoms with van der Waals surface area (Å²) in [6.45, 7) is 1.72. The first-order chi connectivity index (χ1) is 13.1. The van der Waals surface area contributed by atoms with Crippen LogP contribution in [-0.2, 0) is 4.79 Å². The number of nitrogens with zero attached hydrogens (tertiary/aromatic N) is 3. The van der Waals surface area contributed by atoms with Crippen LogP contribution in [-0.4, -0.2) is 39.8 Å². The van der Waals surface area contributed by atoms with Crippen molar-refractivity contribution in [2.45, 2.75) is 19.4 Å². The van der Waals surface area contributed by atoms with Gasteiger partial charge in [0.1, 0.15) is 11.8 Å². The molecule has 0 saturated carbocycles. The number of carbonyl (C=O) groups is 1. The number of hydrogen-bond donors (Lipinski definition) is 1. The number of nitrogens with one attached hydrogen (secondary N) is 1. The molecule has 1 atom stereocenters. The van der Waals surface area contributed by atoms with Crippen LogP contribution < -0.4 is 10.1 Å². The van der Waals surface area contributed by atoms with Gasteiger partial charge in [-0.1, -0.05) is 0 Å². The monoisotopic (exact) mass is 386 g/mol. The maximum atomic E-state index is 12.9. The topological polar surface area (TPSA) is 82.2 Å². The van der Waals surface area contributed by atoms with Crippen LogP contribution in [0.25, 0.3) is 11.5 Å². The fraction of sp³-hybridized carbons (Fsp3) is 0.316. The highest BCUT2D eigenvalue weighted by atomic mass is 32.2. The van der Waals surface area contributed by atoms with Gasteiger partial charge >= 0.3 is 0 Å². The number of thioether (sulfide) groups is 1. The molecular formula is C19H22N4O3S. The highest BCUT2D eigenvalue weighted by Gasteiger charge is 2.20. The Labute approximate surface area is 162 Å². The smallest absolute Gasteiger partial charge is 0.251 e. The third-order valence-corrected chi connectivity index (χ3v) is 4.75. The van der Waals surface area contributed by atoms with Gasteiger partial charge in [0, 0.05) is 25.0 Å². The summed E-state index contributed by atoms with van der Waals surface area (Å²) in [4.78, 5) is 12.9. The standard InChI is InChI=1S/C19H22N4O3S/c1-13-21-22-19(26-13)15-12-14(6-7-17(15)25-2)20-18(24)16(8-11-27-3)23-9-4-5-10-23/h4-7,9-10,12,16H,8,11H2,1-3H3,(H,20,24). The molecule has 3 aromatic rings. The Balaban J connectivity index is 1.84. The van der Waals surface area contributed by atoms with Crippen molar-refractivity contribution in [1.29, 1.82) is 0 Å². The van der Waals surface area contributed by atoms with Crippen LogP contribution in [0, 0.1) is 6.92 Å². The fourth-order valence-electron chi connectivity index (χ4n) is 2.78. The van der Waals surface area contributed by atoms with Crippen LogP contribution in [0.15, 0.2) is 47.1 Å². The molecule has 1 amide bonds. The molecule has 7 nitrogen and oxygen atoms in total. The molecule has 1 unspecified atom stereocenters. The number of benzene rings is 1. The van der Waals surface area contributed by atoms with Crippen molar-refractivity contribution >= 4 is 23.4 Å². The lowest BCUT2D eigenvalue weighted by Gasteiger charge is -2.19. The zero-order chi connectivity index (χ0) is 19.2. The zero-order valence-corrected chi connectivity index (χ0v) is 16.3. The molecule has 0 radical (unpaired) electrons. The van der Waals surface area contributed by atoms with E-state index in [1.54, 1.807) is 44.0 Å². The fourth-order valence-corrected chi connectivity index (χ4v) is 3.24. The third kappa shape index (κ3) is 4.51. The SMILES string of the molecule is COc1ccc(NC(=O)C(CCSC)n2cccc2)cc1-c1nnc(C)o1. The van der Waals surface area contributed by atoms with Gasteiger partial charge in [-0.05, 0) is 48.8 Å². The van der Waals surface area contributed by atoms with Crippen LogP contribution >= 0.6 is 11.8 Å². The lowest BCUT2D eigenvalue weighted by Crippen LogP contribution is -2.26. The molecule has 142 valence electrons. The van der Waals surface area contributed by atoms with Crippen molar-refractivity contribution in [1.82, 2.24) is 14.8 Å². The van der Waals surface area contributed by atoms with Gasteiger partial charge in [0.25, 0.3) is 5.89 Å². The van der Waals surface area contributed by atoms with E-state index in [1.165, 1.54) is 0 Å². The molecule has 0 saturated heterocycles. The Kier molecular flexibility index (Phi) is 6.18. The van der Waals surface area contributed by atoms with E-state index in [0.29, 0.717) is 28.8 Å². The second-order valence-electron chi connectivity index (χ2n) is 5.96. The number of carbonyl (C=O) groups excluding carboxylic acids is 1. The number of methoxy groups -OCH3 is 1. The molecule has 0 aliphatic rings. The molecule has 0 aliphatic carbocycles. The Morgan fingerprint density at radius 1 is 1.33 bits per heavy atom. The van der Waals surface area contributed by atoms with Crippen molar-refractivity contribution in [3.05, 3.63) is 48.6 Å². The first kappa shape index (κ1) is 19.0. The molecule has 27 heavy (non-hydrogen) atoms. The highest BCUT2D eigenvalue weighted by molar-refractivity contribution is 7.98. The summed E-state index contributed by atoms with van der Waals surface area (Å²) in [5, 5.41) is 10.9. The van der Waals surface area contributed by atoms with E-state index < -0.39 is 0 Å². The number of ether oxygens (including phenoxy) is 1. The summed E-state index contributed by atoms with van der Waals surface area (Å²) in [6, 6.07) is 8.92. The third-order valence-electron chi connectivity index (χ3n) is 4.11. The average molecular weight is 386 g/mol. The van der Waals surface area contributed by atoms with E-state index in [2.05, 4.69) is 15.5 Å². The molecule has 1 N–H and O–H groups in total. The lowest BCUT2D eigenvalue weighted by atomic mass is 10.1. The van der Waals surface area contributed by atoms with E-state index in [-0.39, 0.29) is 11.9 Å². The van der Waals surface area contributed by atoms with Crippen molar-refractivity contribution < 1.29 is 13.9 Å². The maximum absolute atomic E-state index is 12.9. The number of aromatic nitrogens is 3. The zero-order valence-electron chi connectivity index (χ0n) is 15.5. The van der Waals surface area contributed by atoms with E-state index in [0.717, 1.165) is 12.2 Å². The van der Waals surface area contributed by atoms with Gasteiger partial charge in [-0.15, -0.1) is 10.2 Å². The van der Waals surface area contributed by atoms with Gasteiger partial charge in [0.05, 0.1) is 12.7 Å². The van der Waals surface area contributed by atoms with Gasteiger partial charge < -0.3 is 19.0 Å². The van der Waals surface area contributed by atoms with Crippen LogP contribution in [0.2, 0.25) is 0 Å². The Hall–Kier alpha value is -2.74. The number of hydrogen-bond acceptors (Lipinski definition) is 6. The number of amides is 1. The predicted molar refractivity (Wildman–Crippen MR) is 106 cm³/mol. The Morgan fingerprint density at radius 2 is 2.11 bits per heavy atom. The molecule has 2 heterocycles. The normalized spacial score (nSPS) is 12.0. The van der Waals surface area contributed by atoms with Crippen molar-refractivity contribution in [3.63, 3.8) is 0 Å². The minimum Gasteiger partial charge on any atom is -0.496 e. The lowest BCUT2D eigenvalue weighted by molar-refractivity contribution is -0.119. The number of aryl methyl sites for hydroxylation is 1. The van der Waals surface area contributed by atoms with E-state index in [1.807, 2.05) is 35.3 Å². The van der Waals surface area contributed by atoms with Crippen molar-refractivity contribution in [2.75, 3.05) is 24.4 Å². The van der Waals surface area contributed by atoms with Crippen LogP contribution in [0.5, 0.6) is 5.75 Å². The molecular weight excluding hydrogens is 364 g/mol. The predicted octanol–water partition coefficient (Wildman–Crippen LogP) is 3.79. The van der Waals surface area contributed by atoms with Gasteiger partial charge in [-0.25, -0.2) is 0 Å². The summed E-state index contributed by atoms with van der Waals surface area (Å²) < 4.78 is 12.8. The molecule has 0 fully saturated rings. The van der Waals surface area contributed by atoms with Crippen molar-refractivity contribution in [3.8, 4) is 17.2 Å².